The van der Waals surface area contributed by atoms with Crippen molar-refractivity contribution >= 4 is 116 Å². The largest absolute Gasteiger partial charge is 0.476 e. The van der Waals surface area contributed by atoms with Gasteiger partial charge in [-0.3, -0.25) is 52.1 Å². The van der Waals surface area contributed by atoms with E-state index in [1.54, 1.807) is 41.5 Å². The van der Waals surface area contributed by atoms with Crippen LogP contribution in [0.2, 0.25) is 0 Å². The molecule has 34 nitrogen and oxygen atoms in total. The average Bonchev–Trinajstić information content (AvgIpc) is 1.50. The molecule has 4 amide bonds. The van der Waals surface area contributed by atoms with Crippen molar-refractivity contribution in [3.8, 4) is 0 Å². The summed E-state index contributed by atoms with van der Waals surface area (Å²) in [7, 11) is 5.63. The first-order valence-corrected chi connectivity index (χ1v) is 32.7. The maximum absolute atomic E-state index is 12.6. The molecule has 53 heteroatoms. The molecule has 636 valence electrons. The molecule has 112 heavy (non-hydrogen) atoms. The highest BCUT2D eigenvalue weighted by Crippen LogP contribution is 2.31. The molecule has 0 saturated carbocycles. The van der Waals surface area contributed by atoms with Gasteiger partial charge in [-0.05, 0) is 46.4 Å². The van der Waals surface area contributed by atoms with Gasteiger partial charge in [0, 0.05) is 59.9 Å². The third-order valence-corrected chi connectivity index (χ3v) is 14.5. The van der Waals surface area contributed by atoms with Crippen LogP contribution in [0.1, 0.15) is 89.6 Å². The summed E-state index contributed by atoms with van der Waals surface area (Å²) in [5.41, 5.74) is 3.21. The third-order valence-electron chi connectivity index (χ3n) is 13.9. The van der Waals surface area contributed by atoms with E-state index in [1.165, 1.54) is 35.2 Å². The summed E-state index contributed by atoms with van der Waals surface area (Å²) >= 11 is 7.52. The van der Waals surface area contributed by atoms with Gasteiger partial charge < -0.3 is 47.0 Å². The Morgan fingerprint density at radius 1 is 0.616 bits per heavy atom. The molecule has 2 aliphatic rings. The molecule has 0 atom stereocenters. The van der Waals surface area contributed by atoms with E-state index in [2.05, 4.69) is 37.7 Å². The molecule has 0 aromatic carbocycles. The topological polar surface area (TPSA) is 436 Å². The van der Waals surface area contributed by atoms with Crippen LogP contribution in [0.15, 0.2) is 50.2 Å². The van der Waals surface area contributed by atoms with E-state index >= 15 is 0 Å². The summed E-state index contributed by atoms with van der Waals surface area (Å²) in [6.07, 6.45) is -19.3. The number of aromatic amines is 1. The number of amides is 4. The first-order valence-electron chi connectivity index (χ1n) is 32.1. The van der Waals surface area contributed by atoms with E-state index in [0.29, 0.717) is 42.3 Å². The van der Waals surface area contributed by atoms with Gasteiger partial charge in [0.1, 0.15) is 55.3 Å². The lowest BCUT2D eigenvalue weighted by atomic mass is 9.88. The molecule has 7 aromatic heterocycles. The molecular formula is C59H83Cl2F16IN20O14. The molecule has 2 fully saturated rings. The van der Waals surface area contributed by atoms with E-state index in [4.69, 9.17) is 49.9 Å². The van der Waals surface area contributed by atoms with Gasteiger partial charge in [-0.1, -0.05) is 36.4 Å². The fourth-order valence-corrected chi connectivity index (χ4v) is 9.14. The van der Waals surface area contributed by atoms with Crippen molar-refractivity contribution in [3.05, 3.63) is 89.7 Å². The van der Waals surface area contributed by atoms with E-state index in [9.17, 15) is 113 Å². The van der Waals surface area contributed by atoms with Crippen LogP contribution in [0.25, 0.3) is 22.1 Å². The first kappa shape index (κ1) is 98.8. The number of hydrogen-bond donors (Lipinski definition) is 6. The van der Waals surface area contributed by atoms with Crippen LogP contribution in [0.5, 0.6) is 0 Å². The molecule has 2 saturated heterocycles. The van der Waals surface area contributed by atoms with Gasteiger partial charge in [0.05, 0.1) is 94.0 Å². The molecule has 7 aromatic rings. The molecule has 0 unspecified atom stereocenters. The van der Waals surface area contributed by atoms with Crippen LogP contribution in [0.4, 0.5) is 96.9 Å². The maximum Gasteiger partial charge on any atom is 0.414 e. The predicted molar refractivity (Wildman–Crippen MR) is 382 cm³/mol. The van der Waals surface area contributed by atoms with Crippen molar-refractivity contribution in [1.82, 2.24) is 73.7 Å². The lowest BCUT2D eigenvalue weighted by Gasteiger charge is -2.38. The Morgan fingerprint density at radius 3 is 1.27 bits per heavy atom. The van der Waals surface area contributed by atoms with Crippen molar-refractivity contribution in [1.29, 1.82) is 0 Å². The predicted octanol–water partition coefficient (Wildman–Crippen LogP) is 8.98. The Kier molecular flexibility index (Phi) is 36.2. The molecule has 0 spiro atoms. The van der Waals surface area contributed by atoms with Crippen molar-refractivity contribution in [2.45, 2.75) is 137 Å². The van der Waals surface area contributed by atoms with Gasteiger partial charge in [-0.15, -0.1) is 24.0 Å². The van der Waals surface area contributed by atoms with Crippen molar-refractivity contribution < 1.29 is 121 Å². The summed E-state index contributed by atoms with van der Waals surface area (Å²) in [6.45, 7) is 9.05. The number of nitrogens with two attached hydrogens (primary N) is 2. The van der Waals surface area contributed by atoms with E-state index in [-0.39, 0.29) is 80.0 Å². The third kappa shape index (κ3) is 30.7. The van der Waals surface area contributed by atoms with Gasteiger partial charge in [0.25, 0.3) is 22.9 Å². The van der Waals surface area contributed by atoms with E-state index in [0.717, 1.165) is 73.6 Å². The molecule has 0 aliphatic carbocycles. The number of hydrogen-bond acceptors (Lipinski definition) is 20. The number of alkyl halides is 18. The number of halogens is 19. The lowest BCUT2D eigenvalue weighted by Crippen LogP contribution is -2.50. The zero-order chi connectivity index (χ0) is 86.7. The lowest BCUT2D eigenvalue weighted by molar-refractivity contribution is -0.143. The average molecular weight is 1800 g/mol. The second-order valence-electron chi connectivity index (χ2n) is 25.9. The van der Waals surface area contributed by atoms with Crippen LogP contribution >= 0.6 is 46.6 Å². The Balaban J connectivity index is 0.00000135. The fourth-order valence-electron chi connectivity index (χ4n) is 8.98. The minimum atomic E-state index is -4.64. The van der Waals surface area contributed by atoms with Crippen LogP contribution in [0, 0.1) is 10.8 Å². The number of nitrogens with one attached hydrogen (secondary N) is 2. The Bertz CT molecular complexity index is 4480. The van der Waals surface area contributed by atoms with Crippen LogP contribution in [-0.2, 0) is 72.3 Å². The van der Waals surface area contributed by atoms with Crippen LogP contribution in [-0.4, -0.2) is 210 Å². The summed E-state index contributed by atoms with van der Waals surface area (Å²) in [5, 5.41) is 29.0. The smallest absolute Gasteiger partial charge is 0.414 e. The Labute approximate surface area is 651 Å². The monoisotopic (exact) mass is 1800 g/mol. The zero-order valence-electron chi connectivity index (χ0n) is 63.6. The number of carboxylic acid groups (broad SMARTS) is 1. The number of primary amides is 2. The molecule has 9 rings (SSSR count). The summed E-state index contributed by atoms with van der Waals surface area (Å²) in [4.78, 5) is 109. The van der Waals surface area contributed by atoms with Crippen LogP contribution < -0.4 is 55.2 Å². The number of carbonyl (C=O) groups is 5. The van der Waals surface area contributed by atoms with Crippen molar-refractivity contribution in [2.24, 2.45) is 36.4 Å². The number of carbonyl (C=O) groups excluding carboxylic acids is 4. The van der Waals surface area contributed by atoms with Gasteiger partial charge in [0.15, 0.2) is 16.7 Å². The molecule has 9 heterocycles. The van der Waals surface area contributed by atoms with Crippen molar-refractivity contribution in [3.63, 3.8) is 0 Å². The number of rotatable bonds is 14. The van der Waals surface area contributed by atoms with Crippen LogP contribution in [0.3, 0.4) is 0 Å². The standard InChI is InChI=1S/C13H15F3N4O3.C12H17F3N4O3.C12H16F3N3O4.C8H7F3N4O2.C7H9F3N4O.C5H9ClO.CH3F.CH3I.ClH.H3N/c1-12(6-23-7-12)4-19-10(21)9-8(18(2)11(19)22)3-17-20(9)5-13(14,15)16;1-11(2,3)22-10(21)18(4)7-5-17-19(6-12(13,14)15)8(7)9(16)20;1-11(2,3)22-10(21)17(4)7-5-16-18(6-12(13,14)15)8(7)9(19)20;1-14-4-2-12-15(3-8(9,10)11)5(4)6(16)13-7(14)17;1-12-4-2-13-14(3-7(8,9)10)5(4)6(11)15;1-5(2-6)3-7-4-5;2*1-2;;/h3H,4-7H2,1-2H3;5H,6H2,1-4H3,(H2,16,20);5H,6H2,1-4H3,(H,19,20);2H,3H2,1H3,(H,13,16,17);2,12H,3H2,1H3,(H2,11,15);2-4H2,1H3;2*1H3;1H;1H3/i;;;;;;2*1D;;. The highest BCUT2D eigenvalue weighted by Gasteiger charge is 2.39. The number of H-pyrrole nitrogens is 1. The number of aromatic carboxylic acids is 1. The maximum atomic E-state index is 12.6. The Hall–Kier alpha value is -9.25. The summed E-state index contributed by atoms with van der Waals surface area (Å²) < 4.78 is 233. The first-order chi connectivity index (χ1) is 51.0. The molecule has 10 N–H and O–H groups in total. The second-order valence-corrected chi connectivity index (χ2v) is 26.2. The van der Waals surface area contributed by atoms with E-state index in [1.807, 2.05) is 34.5 Å². The fraction of sp³-hybridized carbons (Fsp3) is 0.593. The number of aryl methyl sites for hydroxylation is 2. The van der Waals surface area contributed by atoms with Gasteiger partial charge >= 0.3 is 60.4 Å². The minimum Gasteiger partial charge on any atom is -0.476 e. The minimum absolute atomic E-state index is 0. The number of aromatic nitrogens is 14. The number of carboxylic acids is 1. The molecular weight excluding hydrogens is 1710 g/mol. The molecule has 0 radical (unpaired) electrons. The second kappa shape index (κ2) is 41.0. The Morgan fingerprint density at radius 2 is 0.946 bits per heavy atom. The molecule has 0 bridgehead atoms. The van der Waals surface area contributed by atoms with Crippen molar-refractivity contribution in [2.75, 3.05) is 80.6 Å². The van der Waals surface area contributed by atoms with E-state index < -0.39 is 146 Å². The summed E-state index contributed by atoms with van der Waals surface area (Å²) in [6, 6.07) is 0. The van der Waals surface area contributed by atoms with Gasteiger partial charge in [0.2, 0.25) is 0 Å². The van der Waals surface area contributed by atoms with Gasteiger partial charge in [-0.25, -0.2) is 47.4 Å². The highest BCUT2D eigenvalue weighted by atomic mass is 127. The quantitative estimate of drug-likeness (QED) is 0.0336. The summed E-state index contributed by atoms with van der Waals surface area (Å²) in [5.74, 6) is -2.99. The number of ether oxygens (including phenoxy) is 4. The van der Waals surface area contributed by atoms with Gasteiger partial charge in [-0.2, -0.15) is 91.3 Å². The SMILES string of the molecule is CC1(CCl)COC1.CN(C(=O)OC(C)(C)C)c1cnn(CC(F)(F)F)c1C(=O)O.CN(C(=O)OC(C)(C)C)c1cnn(CC(F)(F)F)c1C(N)=O.CNc1cnn(CC(F)(F)F)c1C(N)=O.Cl.Cn1c(=O)[nH]c(=O)c2c1cnn2CC(F)(F)F.Cn1c(=O)n(CC2(C)COC2)c(=O)c2c1cnn2CC(F)(F)F.N.[2H]CF.[2H]CI. The number of anilines is 3. The number of fused-ring (bicyclic) bond motifs is 2. The highest BCUT2D eigenvalue weighted by molar-refractivity contribution is 14.1. The molecule has 2 aliphatic heterocycles. The normalized spacial score (nSPS) is 13.7. The number of nitrogens with zero attached hydrogens (tertiary/aromatic N) is 15. The zero-order valence-corrected chi connectivity index (χ0v) is 65.3.